The molecule has 0 spiro atoms. The maximum Gasteiger partial charge on any atom is 0.286 e. The van der Waals surface area contributed by atoms with E-state index >= 15 is 0 Å². The molecule has 18 heavy (non-hydrogen) atoms. The number of hydrogen-bond acceptors (Lipinski definition) is 4. The second kappa shape index (κ2) is 5.02. The monoisotopic (exact) mass is 262 g/mol. The Morgan fingerprint density at radius 2 is 2.17 bits per heavy atom. The van der Waals surface area contributed by atoms with Crippen LogP contribution in [0.3, 0.4) is 0 Å². The van der Waals surface area contributed by atoms with Gasteiger partial charge in [0.25, 0.3) is 5.91 Å². The summed E-state index contributed by atoms with van der Waals surface area (Å²) in [6.45, 7) is 2.01. The molecule has 1 fully saturated rings. The molecule has 0 radical (unpaired) electrons. The molecular weight excluding hydrogens is 248 g/mol. The summed E-state index contributed by atoms with van der Waals surface area (Å²) in [7, 11) is 0. The van der Waals surface area contributed by atoms with Gasteiger partial charge in [-0.05, 0) is 43.2 Å². The first-order valence-electron chi connectivity index (χ1n) is 6.14. The summed E-state index contributed by atoms with van der Waals surface area (Å²) >= 11 is 1.45. The zero-order valence-corrected chi connectivity index (χ0v) is 10.8. The van der Waals surface area contributed by atoms with Gasteiger partial charge in [0.1, 0.15) is 5.76 Å². The largest absolute Gasteiger partial charge is 0.465 e. The smallest absolute Gasteiger partial charge is 0.286 e. The number of amidine groups is 1. The van der Waals surface area contributed by atoms with Crippen LogP contribution in [0.2, 0.25) is 0 Å². The molecule has 2 aliphatic heterocycles. The van der Waals surface area contributed by atoms with E-state index in [1.807, 2.05) is 12.1 Å². The Morgan fingerprint density at radius 1 is 1.33 bits per heavy atom. The third kappa shape index (κ3) is 2.36. The van der Waals surface area contributed by atoms with E-state index in [-0.39, 0.29) is 5.91 Å². The van der Waals surface area contributed by atoms with E-state index in [9.17, 15) is 4.79 Å². The van der Waals surface area contributed by atoms with Gasteiger partial charge >= 0.3 is 0 Å². The highest BCUT2D eigenvalue weighted by Crippen LogP contribution is 2.31. The number of rotatable bonds is 1. The maximum atomic E-state index is 11.8. The number of nitrogens with zero attached hydrogens (tertiary/aromatic N) is 2. The van der Waals surface area contributed by atoms with Crippen LogP contribution in [-0.2, 0) is 4.79 Å². The highest BCUT2D eigenvalue weighted by molar-refractivity contribution is 8.18. The Morgan fingerprint density at radius 3 is 2.89 bits per heavy atom. The average Bonchev–Trinajstić information content (AvgIpc) is 3.02. The lowest BCUT2D eigenvalue weighted by Crippen LogP contribution is -2.33. The normalized spacial score (nSPS) is 22.7. The number of amides is 1. The van der Waals surface area contributed by atoms with Crippen LogP contribution in [0.15, 0.2) is 32.7 Å². The van der Waals surface area contributed by atoms with Gasteiger partial charge in [-0.2, -0.15) is 4.99 Å². The molecule has 3 rings (SSSR count). The van der Waals surface area contributed by atoms with E-state index in [2.05, 4.69) is 9.89 Å². The van der Waals surface area contributed by atoms with Crippen molar-refractivity contribution in [2.75, 3.05) is 13.1 Å². The summed E-state index contributed by atoms with van der Waals surface area (Å²) in [5.41, 5.74) is 0. The number of piperidine rings is 1. The van der Waals surface area contributed by atoms with Gasteiger partial charge in [-0.15, -0.1) is 0 Å². The standard InChI is InChI=1S/C13H14N2O2S/c16-12-11(9-10-5-4-8-17-10)18-13(14-12)15-6-2-1-3-7-15/h4-5,8-9H,1-3,6-7H2/b11-9-. The number of hydrogen-bond donors (Lipinski definition) is 0. The quantitative estimate of drug-likeness (QED) is 0.730. The second-order valence-electron chi connectivity index (χ2n) is 4.37. The molecule has 0 aliphatic carbocycles. The summed E-state index contributed by atoms with van der Waals surface area (Å²) < 4.78 is 5.22. The molecule has 0 bridgehead atoms. The molecule has 1 aromatic rings. The molecule has 94 valence electrons. The average molecular weight is 262 g/mol. The summed E-state index contributed by atoms with van der Waals surface area (Å²) in [5.74, 6) is 0.540. The van der Waals surface area contributed by atoms with Gasteiger partial charge in [0.2, 0.25) is 0 Å². The molecule has 0 atom stereocenters. The lowest BCUT2D eigenvalue weighted by molar-refractivity contribution is -0.113. The van der Waals surface area contributed by atoms with E-state index in [4.69, 9.17) is 4.42 Å². The first kappa shape index (κ1) is 11.6. The number of furan rings is 1. The van der Waals surface area contributed by atoms with Gasteiger partial charge in [0.15, 0.2) is 5.17 Å². The predicted octanol–water partition coefficient (Wildman–Crippen LogP) is 2.74. The molecule has 3 heterocycles. The van der Waals surface area contributed by atoms with Crippen LogP contribution < -0.4 is 0 Å². The van der Waals surface area contributed by atoms with Crippen molar-refractivity contribution in [1.29, 1.82) is 0 Å². The van der Waals surface area contributed by atoms with E-state index in [0.29, 0.717) is 10.7 Å². The van der Waals surface area contributed by atoms with Gasteiger partial charge in [-0.1, -0.05) is 0 Å². The molecule has 0 N–H and O–H groups in total. The molecule has 5 heteroatoms. The number of carbonyl (C=O) groups is 1. The van der Waals surface area contributed by atoms with E-state index in [1.54, 1.807) is 12.3 Å². The summed E-state index contributed by atoms with van der Waals surface area (Å²) in [6, 6.07) is 3.64. The van der Waals surface area contributed by atoms with E-state index in [1.165, 1.54) is 31.0 Å². The SMILES string of the molecule is O=C1N=C(N2CCCCC2)S/C1=C\c1ccco1. The molecule has 1 amide bonds. The van der Waals surface area contributed by atoms with Crippen molar-refractivity contribution >= 4 is 28.9 Å². The van der Waals surface area contributed by atoms with Crippen molar-refractivity contribution in [2.45, 2.75) is 19.3 Å². The lowest BCUT2D eigenvalue weighted by atomic mass is 10.1. The minimum atomic E-state index is -0.156. The minimum Gasteiger partial charge on any atom is -0.465 e. The Bertz CT molecular complexity index is 499. The summed E-state index contributed by atoms with van der Waals surface area (Å²) in [5, 5.41) is 0.845. The Kier molecular flexibility index (Phi) is 3.23. The lowest BCUT2D eigenvalue weighted by Gasteiger charge is -2.27. The zero-order valence-electron chi connectivity index (χ0n) is 9.96. The third-order valence-corrected chi connectivity index (χ3v) is 4.10. The highest BCUT2D eigenvalue weighted by Gasteiger charge is 2.27. The summed E-state index contributed by atoms with van der Waals surface area (Å²) in [6.07, 6.45) is 7.00. The Hall–Kier alpha value is -1.49. The van der Waals surface area contributed by atoms with Crippen molar-refractivity contribution < 1.29 is 9.21 Å². The van der Waals surface area contributed by atoms with Crippen LogP contribution in [0.5, 0.6) is 0 Å². The molecule has 0 aromatic carbocycles. The van der Waals surface area contributed by atoms with Gasteiger partial charge < -0.3 is 9.32 Å². The van der Waals surface area contributed by atoms with E-state index in [0.717, 1.165) is 18.3 Å². The fourth-order valence-corrected chi connectivity index (χ4v) is 3.07. The van der Waals surface area contributed by atoms with Gasteiger partial charge in [0, 0.05) is 19.2 Å². The van der Waals surface area contributed by atoms with Crippen molar-refractivity contribution in [3.8, 4) is 0 Å². The second-order valence-corrected chi connectivity index (χ2v) is 5.38. The summed E-state index contributed by atoms with van der Waals surface area (Å²) in [4.78, 5) is 18.8. The number of likely N-dealkylation sites (tertiary alicyclic amines) is 1. The molecule has 0 unspecified atom stereocenters. The third-order valence-electron chi connectivity index (χ3n) is 3.05. The molecular formula is C13H14N2O2S. The highest BCUT2D eigenvalue weighted by atomic mass is 32.2. The number of aliphatic imine (C=N–C) groups is 1. The molecule has 2 aliphatic rings. The first-order valence-corrected chi connectivity index (χ1v) is 6.95. The minimum absolute atomic E-state index is 0.156. The van der Waals surface area contributed by atoms with Crippen LogP contribution in [0.4, 0.5) is 0 Å². The van der Waals surface area contributed by atoms with Crippen LogP contribution in [0.1, 0.15) is 25.0 Å². The van der Waals surface area contributed by atoms with Crippen LogP contribution in [0.25, 0.3) is 6.08 Å². The molecule has 1 saturated heterocycles. The predicted molar refractivity (Wildman–Crippen MR) is 72.1 cm³/mol. The van der Waals surface area contributed by atoms with Crippen LogP contribution >= 0.6 is 11.8 Å². The van der Waals surface area contributed by atoms with E-state index < -0.39 is 0 Å². The fraction of sp³-hybridized carbons (Fsp3) is 0.385. The van der Waals surface area contributed by atoms with Crippen molar-refractivity contribution in [3.63, 3.8) is 0 Å². The Labute approximate surface area is 110 Å². The van der Waals surface area contributed by atoms with Crippen molar-refractivity contribution in [1.82, 2.24) is 4.90 Å². The van der Waals surface area contributed by atoms with Crippen molar-refractivity contribution in [3.05, 3.63) is 29.1 Å². The topological polar surface area (TPSA) is 45.8 Å². The number of carbonyl (C=O) groups excluding carboxylic acids is 1. The van der Waals surface area contributed by atoms with Gasteiger partial charge in [-0.25, -0.2) is 0 Å². The molecule has 4 nitrogen and oxygen atoms in total. The zero-order chi connectivity index (χ0) is 12.4. The van der Waals surface area contributed by atoms with Crippen molar-refractivity contribution in [2.24, 2.45) is 4.99 Å². The maximum absolute atomic E-state index is 11.8. The molecule has 1 aromatic heterocycles. The van der Waals surface area contributed by atoms with Gasteiger partial charge in [0.05, 0.1) is 11.2 Å². The Balaban J connectivity index is 1.74. The fourth-order valence-electron chi connectivity index (χ4n) is 2.12. The van der Waals surface area contributed by atoms with Crippen LogP contribution in [-0.4, -0.2) is 29.1 Å². The van der Waals surface area contributed by atoms with Crippen LogP contribution in [0, 0.1) is 0 Å². The number of thioether (sulfide) groups is 1. The first-order chi connectivity index (χ1) is 8.83. The van der Waals surface area contributed by atoms with Gasteiger partial charge in [-0.3, -0.25) is 4.79 Å². The molecule has 0 saturated carbocycles.